The maximum Gasteiger partial charge on any atom is 0.468 e. The van der Waals surface area contributed by atoms with Gasteiger partial charge in [-0.05, 0) is 12.1 Å². The number of hydrogen-bond donors (Lipinski definition) is 0. The van der Waals surface area contributed by atoms with Crippen molar-refractivity contribution >= 4 is 11.6 Å². The topological polar surface area (TPSA) is 26.0 Å². The molecule has 0 N–H and O–H groups in total. The van der Waals surface area contributed by atoms with Crippen molar-refractivity contribution in [3.05, 3.63) is 41.4 Å². The van der Waals surface area contributed by atoms with Crippen LogP contribution in [0.2, 0.25) is 5.02 Å². The Morgan fingerprint density at radius 2 is 1.75 bits per heavy atom. The molecule has 0 saturated heterocycles. The first-order chi connectivity index (χ1) is 7.47. The lowest BCUT2D eigenvalue weighted by atomic mass is 10.2. The third-order valence-electron chi connectivity index (χ3n) is 1.89. The third kappa shape index (κ3) is 2.19. The Bertz CT molecular complexity index is 490. The highest BCUT2D eigenvalue weighted by Crippen LogP contribution is 2.30. The number of hydrogen-bond acceptors (Lipinski definition) is 2. The normalized spacial score (nSPS) is 11.8. The van der Waals surface area contributed by atoms with Gasteiger partial charge in [-0.15, -0.1) is 0 Å². The molecule has 2 aromatic rings. The van der Waals surface area contributed by atoms with Crippen molar-refractivity contribution in [1.29, 1.82) is 0 Å². The molecule has 0 aliphatic heterocycles. The molecule has 0 aliphatic carbocycles. The smallest absolute Gasteiger partial charge is 0.441 e. The van der Waals surface area contributed by atoms with E-state index in [1.54, 1.807) is 24.3 Å². The predicted octanol–water partition coefficient (Wildman–Crippen LogP) is 4.01. The summed E-state index contributed by atoms with van der Waals surface area (Å²) in [5.41, 5.74) is 0.646. The molecule has 1 aromatic heterocycles. The van der Waals surface area contributed by atoms with Crippen molar-refractivity contribution in [3.63, 3.8) is 0 Å². The summed E-state index contributed by atoms with van der Waals surface area (Å²) in [5, 5.41) is 0.503. The lowest BCUT2D eigenvalue weighted by Crippen LogP contribution is -2.04. The van der Waals surface area contributed by atoms with Gasteiger partial charge in [0.05, 0.1) is 0 Å². The van der Waals surface area contributed by atoms with Gasteiger partial charge in [0, 0.05) is 10.6 Å². The molecule has 0 aliphatic rings. The second kappa shape index (κ2) is 3.83. The van der Waals surface area contributed by atoms with E-state index in [0.717, 1.165) is 6.26 Å². The van der Waals surface area contributed by atoms with Crippen molar-refractivity contribution < 1.29 is 17.6 Å². The van der Waals surface area contributed by atoms with Crippen LogP contribution in [0.15, 0.2) is 34.9 Å². The van der Waals surface area contributed by atoms with Crippen LogP contribution in [0, 0.1) is 0 Å². The molecular weight excluding hydrogens is 243 g/mol. The Labute approximate surface area is 93.7 Å². The van der Waals surface area contributed by atoms with Crippen molar-refractivity contribution in [2.24, 2.45) is 0 Å². The Hall–Kier alpha value is -1.49. The number of halogens is 4. The Kier molecular flexibility index (Phi) is 2.63. The summed E-state index contributed by atoms with van der Waals surface area (Å²) in [6.07, 6.45) is -3.60. The van der Waals surface area contributed by atoms with E-state index in [2.05, 4.69) is 9.40 Å². The third-order valence-corrected chi connectivity index (χ3v) is 2.14. The Balaban J connectivity index is 2.35. The summed E-state index contributed by atoms with van der Waals surface area (Å²) in [5.74, 6) is -1.25. The zero-order valence-corrected chi connectivity index (χ0v) is 8.51. The van der Waals surface area contributed by atoms with Crippen LogP contribution in [0.4, 0.5) is 13.2 Å². The summed E-state index contributed by atoms with van der Waals surface area (Å²) in [7, 11) is 0. The minimum absolute atomic E-state index is 0.129. The van der Waals surface area contributed by atoms with E-state index in [0.29, 0.717) is 10.6 Å². The van der Waals surface area contributed by atoms with Crippen molar-refractivity contribution in [2.45, 2.75) is 6.18 Å². The molecular formula is C10H5ClF3NO. The highest BCUT2D eigenvalue weighted by molar-refractivity contribution is 6.30. The van der Waals surface area contributed by atoms with Crippen molar-refractivity contribution in [1.82, 2.24) is 4.98 Å². The highest BCUT2D eigenvalue weighted by Gasteiger charge is 2.37. The maximum absolute atomic E-state index is 12.2. The quantitative estimate of drug-likeness (QED) is 0.761. The van der Waals surface area contributed by atoms with Crippen LogP contribution in [0.3, 0.4) is 0 Å². The number of benzene rings is 1. The van der Waals surface area contributed by atoms with Gasteiger partial charge in [-0.1, -0.05) is 23.7 Å². The molecule has 1 heterocycles. The first kappa shape index (κ1) is 11.0. The molecule has 0 radical (unpaired) electrons. The summed E-state index contributed by atoms with van der Waals surface area (Å²) in [6.45, 7) is 0. The molecule has 0 fully saturated rings. The molecule has 84 valence electrons. The fourth-order valence-corrected chi connectivity index (χ4v) is 1.28. The summed E-state index contributed by atoms with van der Waals surface area (Å²) in [6, 6.07) is 6.28. The van der Waals surface area contributed by atoms with Gasteiger partial charge in [-0.25, -0.2) is 4.98 Å². The van der Waals surface area contributed by atoms with Gasteiger partial charge >= 0.3 is 12.1 Å². The number of aromatic nitrogens is 1. The summed E-state index contributed by atoms with van der Waals surface area (Å²) < 4.78 is 41.0. The Morgan fingerprint density at radius 1 is 1.12 bits per heavy atom. The van der Waals surface area contributed by atoms with E-state index in [9.17, 15) is 13.2 Å². The van der Waals surface area contributed by atoms with E-state index in [-0.39, 0.29) is 5.69 Å². The molecule has 2 nitrogen and oxygen atoms in total. The largest absolute Gasteiger partial charge is 0.468 e. The standard InChI is InChI=1S/C10H5ClF3NO/c11-7-3-1-6(2-4-7)8-5-16-9(15-8)10(12,13)14/h1-5H. The van der Waals surface area contributed by atoms with Crippen LogP contribution < -0.4 is 0 Å². The second-order valence-electron chi connectivity index (χ2n) is 3.04. The number of alkyl halides is 3. The molecule has 0 amide bonds. The lowest BCUT2D eigenvalue weighted by molar-refractivity contribution is -0.157. The van der Waals surface area contributed by atoms with Crippen LogP contribution in [0.1, 0.15) is 5.89 Å². The molecule has 0 bridgehead atoms. The molecule has 16 heavy (non-hydrogen) atoms. The minimum Gasteiger partial charge on any atom is -0.441 e. The maximum atomic E-state index is 12.2. The molecule has 0 saturated carbocycles. The molecule has 0 unspecified atom stereocenters. The number of rotatable bonds is 1. The van der Waals surface area contributed by atoms with Crippen LogP contribution in [-0.4, -0.2) is 4.98 Å². The average molecular weight is 248 g/mol. The van der Waals surface area contributed by atoms with Gasteiger partial charge in [0.25, 0.3) is 0 Å². The summed E-state index contributed by atoms with van der Waals surface area (Å²) >= 11 is 5.65. The zero-order valence-electron chi connectivity index (χ0n) is 7.75. The predicted molar refractivity (Wildman–Crippen MR) is 52.0 cm³/mol. The highest BCUT2D eigenvalue weighted by atomic mass is 35.5. The number of oxazole rings is 1. The SMILES string of the molecule is FC(F)(F)c1nc(-c2ccc(Cl)cc2)co1. The van der Waals surface area contributed by atoms with Crippen LogP contribution >= 0.6 is 11.6 Å². The van der Waals surface area contributed by atoms with E-state index in [4.69, 9.17) is 11.6 Å². The van der Waals surface area contributed by atoms with E-state index < -0.39 is 12.1 Å². The van der Waals surface area contributed by atoms with Gasteiger partial charge in [0.15, 0.2) is 0 Å². The van der Waals surface area contributed by atoms with Gasteiger partial charge in [0.2, 0.25) is 0 Å². The van der Waals surface area contributed by atoms with Crippen LogP contribution in [0.5, 0.6) is 0 Å². The molecule has 0 atom stereocenters. The fourth-order valence-electron chi connectivity index (χ4n) is 1.16. The fraction of sp³-hybridized carbons (Fsp3) is 0.100. The number of nitrogens with zero attached hydrogens (tertiary/aromatic N) is 1. The lowest BCUT2D eigenvalue weighted by Gasteiger charge is -1.98. The van der Waals surface area contributed by atoms with Crippen LogP contribution in [-0.2, 0) is 6.18 Å². The van der Waals surface area contributed by atoms with Gasteiger partial charge in [-0.3, -0.25) is 0 Å². The molecule has 6 heteroatoms. The van der Waals surface area contributed by atoms with Gasteiger partial charge in [-0.2, -0.15) is 13.2 Å². The van der Waals surface area contributed by atoms with Crippen molar-refractivity contribution in [3.8, 4) is 11.3 Å². The van der Waals surface area contributed by atoms with E-state index in [1.807, 2.05) is 0 Å². The first-order valence-corrected chi connectivity index (χ1v) is 4.63. The van der Waals surface area contributed by atoms with Gasteiger partial charge < -0.3 is 4.42 Å². The average Bonchev–Trinajstić information content (AvgIpc) is 2.67. The zero-order chi connectivity index (χ0) is 11.8. The second-order valence-corrected chi connectivity index (χ2v) is 3.48. The van der Waals surface area contributed by atoms with Crippen molar-refractivity contribution in [2.75, 3.05) is 0 Å². The van der Waals surface area contributed by atoms with Crippen LogP contribution in [0.25, 0.3) is 11.3 Å². The molecule has 1 aromatic carbocycles. The first-order valence-electron chi connectivity index (χ1n) is 4.25. The van der Waals surface area contributed by atoms with E-state index in [1.165, 1.54) is 0 Å². The monoisotopic (exact) mass is 247 g/mol. The Morgan fingerprint density at radius 3 is 2.25 bits per heavy atom. The van der Waals surface area contributed by atoms with Gasteiger partial charge in [0.1, 0.15) is 12.0 Å². The molecule has 2 rings (SSSR count). The minimum atomic E-state index is -4.56. The van der Waals surface area contributed by atoms with E-state index >= 15 is 0 Å². The summed E-state index contributed by atoms with van der Waals surface area (Å²) in [4.78, 5) is 3.35. The molecule has 0 spiro atoms.